The highest BCUT2D eigenvalue weighted by Gasteiger charge is 2.20. The molecule has 0 bridgehead atoms. The van der Waals surface area contributed by atoms with Crippen LogP contribution in [0.1, 0.15) is 32.1 Å². The van der Waals surface area contributed by atoms with E-state index >= 15 is 0 Å². The van der Waals surface area contributed by atoms with Crippen molar-refractivity contribution in [3.8, 4) is 0 Å². The molecule has 0 radical (unpaired) electrons. The van der Waals surface area contributed by atoms with Crippen LogP contribution < -0.4 is 5.32 Å². The molecule has 1 N–H and O–H groups in total. The third-order valence-electron chi connectivity index (χ3n) is 4.09. The third kappa shape index (κ3) is 3.48. The smallest absolute Gasteiger partial charge is 0.240 e. The van der Waals surface area contributed by atoms with Crippen molar-refractivity contribution < 1.29 is 4.79 Å². The van der Waals surface area contributed by atoms with Gasteiger partial charge in [0.25, 0.3) is 0 Å². The lowest BCUT2D eigenvalue weighted by molar-refractivity contribution is -0.122. The van der Waals surface area contributed by atoms with Gasteiger partial charge >= 0.3 is 0 Å². The van der Waals surface area contributed by atoms with Crippen molar-refractivity contribution in [3.63, 3.8) is 0 Å². The fraction of sp³-hybridized carbons (Fsp3) is 0.389. The SMILES string of the molecule is CC(C)CC(NC(=O)Cn1ccc2ccccc21)c1ncnn1C. The Bertz CT molecular complexity index is 833. The van der Waals surface area contributed by atoms with E-state index in [4.69, 9.17) is 0 Å². The maximum absolute atomic E-state index is 12.6. The van der Waals surface area contributed by atoms with E-state index in [2.05, 4.69) is 29.2 Å². The lowest BCUT2D eigenvalue weighted by Gasteiger charge is -2.20. The number of para-hydroxylation sites is 1. The van der Waals surface area contributed by atoms with E-state index in [1.165, 1.54) is 6.33 Å². The lowest BCUT2D eigenvalue weighted by atomic mass is 10.0. The fourth-order valence-electron chi connectivity index (χ4n) is 2.99. The second kappa shape index (κ2) is 6.86. The normalized spacial score (nSPS) is 12.7. The summed E-state index contributed by atoms with van der Waals surface area (Å²) < 4.78 is 3.69. The van der Waals surface area contributed by atoms with Gasteiger partial charge in [-0.25, -0.2) is 4.98 Å². The molecule has 6 nitrogen and oxygen atoms in total. The number of carbonyl (C=O) groups is 1. The van der Waals surface area contributed by atoms with Gasteiger partial charge in [-0.1, -0.05) is 32.0 Å². The van der Waals surface area contributed by atoms with Crippen molar-refractivity contribution in [1.82, 2.24) is 24.6 Å². The summed E-state index contributed by atoms with van der Waals surface area (Å²) in [5.41, 5.74) is 1.06. The van der Waals surface area contributed by atoms with Gasteiger partial charge in [-0.05, 0) is 29.9 Å². The quantitative estimate of drug-likeness (QED) is 0.758. The van der Waals surface area contributed by atoms with Gasteiger partial charge in [0, 0.05) is 18.8 Å². The van der Waals surface area contributed by atoms with Crippen LogP contribution in [-0.2, 0) is 18.4 Å². The molecule has 1 amide bonds. The number of nitrogens with one attached hydrogen (secondary N) is 1. The molecule has 0 saturated heterocycles. The average Bonchev–Trinajstić information content (AvgIpc) is 3.13. The summed E-state index contributed by atoms with van der Waals surface area (Å²) in [6.45, 7) is 4.56. The first-order chi connectivity index (χ1) is 11.5. The average molecular weight is 325 g/mol. The van der Waals surface area contributed by atoms with Gasteiger partial charge in [0.15, 0.2) is 0 Å². The Hall–Kier alpha value is -2.63. The molecule has 0 aliphatic rings. The van der Waals surface area contributed by atoms with Gasteiger partial charge in [0.2, 0.25) is 5.91 Å². The molecule has 24 heavy (non-hydrogen) atoms. The third-order valence-corrected chi connectivity index (χ3v) is 4.09. The zero-order chi connectivity index (χ0) is 17.1. The van der Waals surface area contributed by atoms with Crippen LogP contribution >= 0.6 is 0 Å². The Labute approximate surface area is 141 Å². The van der Waals surface area contributed by atoms with Gasteiger partial charge in [-0.2, -0.15) is 5.10 Å². The minimum Gasteiger partial charge on any atom is -0.345 e. The molecule has 1 aromatic carbocycles. The van der Waals surface area contributed by atoms with Crippen molar-refractivity contribution in [1.29, 1.82) is 0 Å². The van der Waals surface area contributed by atoms with E-state index in [0.29, 0.717) is 12.5 Å². The summed E-state index contributed by atoms with van der Waals surface area (Å²) in [5, 5.41) is 8.37. The highest BCUT2D eigenvalue weighted by Crippen LogP contribution is 2.19. The van der Waals surface area contributed by atoms with Crippen molar-refractivity contribution in [3.05, 3.63) is 48.7 Å². The second-order valence-corrected chi connectivity index (χ2v) is 6.49. The maximum atomic E-state index is 12.6. The number of rotatable bonds is 6. The maximum Gasteiger partial charge on any atom is 0.240 e. The van der Waals surface area contributed by atoms with Crippen LogP contribution in [-0.4, -0.2) is 25.2 Å². The summed E-state index contributed by atoms with van der Waals surface area (Å²) in [6, 6.07) is 9.95. The molecule has 6 heteroatoms. The van der Waals surface area contributed by atoms with Crippen LogP contribution in [0.25, 0.3) is 10.9 Å². The van der Waals surface area contributed by atoms with Gasteiger partial charge in [0.1, 0.15) is 18.7 Å². The van der Waals surface area contributed by atoms with Crippen molar-refractivity contribution >= 4 is 16.8 Å². The standard InChI is InChI=1S/C18H23N5O/c1-13(2)10-15(18-19-12-20-22(18)3)21-17(24)11-23-9-8-14-6-4-5-7-16(14)23/h4-9,12-13,15H,10-11H2,1-3H3,(H,21,24). The molecule has 2 heterocycles. The number of aryl methyl sites for hydroxylation is 1. The summed E-state index contributed by atoms with van der Waals surface area (Å²) in [5.74, 6) is 1.21. The number of benzene rings is 1. The number of fused-ring (bicyclic) bond motifs is 1. The first-order valence-electron chi connectivity index (χ1n) is 8.21. The Morgan fingerprint density at radius 2 is 2.04 bits per heavy atom. The van der Waals surface area contributed by atoms with Crippen molar-refractivity contribution in [2.24, 2.45) is 13.0 Å². The predicted molar refractivity (Wildman–Crippen MR) is 93.3 cm³/mol. The molecule has 0 aliphatic carbocycles. The molecule has 126 valence electrons. The molecule has 0 aliphatic heterocycles. The molecule has 3 rings (SSSR count). The second-order valence-electron chi connectivity index (χ2n) is 6.49. The van der Waals surface area contributed by atoms with Crippen LogP contribution in [0.2, 0.25) is 0 Å². The topological polar surface area (TPSA) is 64.7 Å². The lowest BCUT2D eigenvalue weighted by Crippen LogP contribution is -2.33. The molecule has 1 unspecified atom stereocenters. The Balaban J connectivity index is 1.75. The molecule has 3 aromatic rings. The summed E-state index contributed by atoms with van der Waals surface area (Å²) in [4.78, 5) is 16.9. The first kappa shape index (κ1) is 16.2. The van der Waals surface area contributed by atoms with Crippen LogP contribution in [0.15, 0.2) is 42.9 Å². The monoisotopic (exact) mass is 325 g/mol. The first-order valence-corrected chi connectivity index (χ1v) is 8.21. The number of carbonyl (C=O) groups excluding carboxylic acids is 1. The number of hydrogen-bond donors (Lipinski definition) is 1. The number of amides is 1. The van der Waals surface area contributed by atoms with E-state index in [1.807, 2.05) is 48.1 Å². The molecule has 1 atom stereocenters. The van der Waals surface area contributed by atoms with Crippen LogP contribution in [0, 0.1) is 5.92 Å². The molecule has 0 spiro atoms. The summed E-state index contributed by atoms with van der Waals surface area (Å²) in [6.07, 6.45) is 4.29. The van der Waals surface area contributed by atoms with Crippen molar-refractivity contribution in [2.75, 3.05) is 0 Å². The number of hydrogen-bond acceptors (Lipinski definition) is 3. The van der Waals surface area contributed by atoms with Gasteiger partial charge in [0.05, 0.1) is 6.04 Å². The highest BCUT2D eigenvalue weighted by molar-refractivity contribution is 5.83. The van der Waals surface area contributed by atoms with E-state index in [-0.39, 0.29) is 11.9 Å². The fourth-order valence-corrected chi connectivity index (χ4v) is 2.99. The molecular weight excluding hydrogens is 302 g/mol. The molecule has 0 fully saturated rings. The van der Waals surface area contributed by atoms with Crippen LogP contribution in [0.3, 0.4) is 0 Å². The minimum absolute atomic E-state index is 0.0231. The van der Waals surface area contributed by atoms with Gasteiger partial charge in [-0.15, -0.1) is 0 Å². The zero-order valence-electron chi connectivity index (χ0n) is 14.3. The molecule has 2 aromatic heterocycles. The van der Waals surface area contributed by atoms with E-state index in [1.54, 1.807) is 4.68 Å². The van der Waals surface area contributed by atoms with Crippen LogP contribution in [0.4, 0.5) is 0 Å². The van der Waals surface area contributed by atoms with Crippen LogP contribution in [0.5, 0.6) is 0 Å². The number of nitrogens with zero attached hydrogens (tertiary/aromatic N) is 4. The van der Waals surface area contributed by atoms with E-state index in [0.717, 1.165) is 23.1 Å². The Kier molecular flexibility index (Phi) is 4.64. The number of aromatic nitrogens is 4. The highest BCUT2D eigenvalue weighted by atomic mass is 16.2. The zero-order valence-corrected chi connectivity index (χ0v) is 14.3. The minimum atomic E-state index is -0.133. The Morgan fingerprint density at radius 1 is 1.25 bits per heavy atom. The summed E-state index contributed by atoms with van der Waals surface area (Å²) >= 11 is 0. The molecule has 0 saturated carbocycles. The summed E-state index contributed by atoms with van der Waals surface area (Å²) in [7, 11) is 1.85. The van der Waals surface area contributed by atoms with Crippen molar-refractivity contribution in [2.45, 2.75) is 32.9 Å². The van der Waals surface area contributed by atoms with Gasteiger partial charge < -0.3 is 9.88 Å². The molecular formula is C18H23N5O. The predicted octanol–water partition coefficient (Wildman–Crippen LogP) is 2.67. The largest absolute Gasteiger partial charge is 0.345 e. The van der Waals surface area contributed by atoms with E-state index < -0.39 is 0 Å². The van der Waals surface area contributed by atoms with E-state index in [9.17, 15) is 4.79 Å². The Morgan fingerprint density at radius 3 is 2.75 bits per heavy atom. The van der Waals surface area contributed by atoms with Gasteiger partial charge in [-0.3, -0.25) is 9.48 Å².